The zero-order valence-corrected chi connectivity index (χ0v) is 12.5. The van der Waals surface area contributed by atoms with Crippen LogP contribution in [0.2, 0.25) is 0 Å². The van der Waals surface area contributed by atoms with E-state index in [2.05, 4.69) is 16.1 Å². The van der Waals surface area contributed by atoms with Gasteiger partial charge in [0.25, 0.3) is 20.2 Å². The highest BCUT2D eigenvalue weighted by Gasteiger charge is 2.20. The zero-order valence-electron chi connectivity index (χ0n) is 10.9. The molecule has 1 saturated heterocycles. The molecule has 1 aliphatic rings. The molecule has 0 bridgehead atoms. The van der Waals surface area contributed by atoms with Crippen LogP contribution in [0.25, 0.3) is 0 Å². The Morgan fingerprint density at radius 2 is 1.78 bits per heavy atom. The van der Waals surface area contributed by atoms with E-state index in [-0.39, 0.29) is 0 Å². The molecule has 0 saturated carbocycles. The average molecular weight is 303 g/mol. The molecule has 0 radical (unpaired) electrons. The summed E-state index contributed by atoms with van der Waals surface area (Å²) in [6.45, 7) is 1.43. The van der Waals surface area contributed by atoms with Gasteiger partial charge < -0.3 is 4.90 Å². The monoisotopic (exact) mass is 303 g/mol. The Kier molecular flexibility index (Phi) is 7.30. The SMILES string of the molecule is CN1CCCC1CCOS(C)(=O)=O.CS(=O)(=O)O. The van der Waals surface area contributed by atoms with Gasteiger partial charge in [0, 0.05) is 6.04 Å². The van der Waals surface area contributed by atoms with Crippen molar-refractivity contribution in [1.29, 1.82) is 0 Å². The van der Waals surface area contributed by atoms with Crippen molar-refractivity contribution in [1.82, 2.24) is 4.90 Å². The lowest BCUT2D eigenvalue weighted by molar-refractivity contribution is 0.238. The lowest BCUT2D eigenvalue weighted by Crippen LogP contribution is -2.26. The molecule has 9 heteroatoms. The van der Waals surface area contributed by atoms with Crippen molar-refractivity contribution < 1.29 is 25.6 Å². The molecule has 18 heavy (non-hydrogen) atoms. The van der Waals surface area contributed by atoms with Gasteiger partial charge in [-0.3, -0.25) is 8.74 Å². The van der Waals surface area contributed by atoms with Gasteiger partial charge in [0.2, 0.25) is 0 Å². The number of hydrogen-bond acceptors (Lipinski definition) is 6. The molecular formula is C9H21NO6S2. The summed E-state index contributed by atoms with van der Waals surface area (Å²) < 4.78 is 51.9. The summed E-state index contributed by atoms with van der Waals surface area (Å²) in [5, 5.41) is 0. The molecule has 1 atom stereocenters. The van der Waals surface area contributed by atoms with Gasteiger partial charge in [0.1, 0.15) is 0 Å². The smallest absolute Gasteiger partial charge is 0.264 e. The van der Waals surface area contributed by atoms with Crippen molar-refractivity contribution in [2.45, 2.75) is 25.3 Å². The lowest BCUT2D eigenvalue weighted by Gasteiger charge is -2.18. The van der Waals surface area contributed by atoms with Crippen LogP contribution in [0, 0.1) is 0 Å². The summed E-state index contributed by atoms with van der Waals surface area (Å²) in [5.74, 6) is 0. The second-order valence-corrected chi connectivity index (χ2v) is 7.43. The van der Waals surface area contributed by atoms with Gasteiger partial charge in [-0.2, -0.15) is 16.8 Å². The van der Waals surface area contributed by atoms with Gasteiger partial charge in [0.05, 0.1) is 19.1 Å². The predicted molar refractivity (Wildman–Crippen MR) is 68.5 cm³/mol. The van der Waals surface area contributed by atoms with Crippen LogP contribution >= 0.6 is 0 Å². The maximum Gasteiger partial charge on any atom is 0.264 e. The summed E-state index contributed by atoms with van der Waals surface area (Å²) in [5.41, 5.74) is 0. The van der Waals surface area contributed by atoms with Gasteiger partial charge >= 0.3 is 0 Å². The molecule has 1 aliphatic heterocycles. The topological polar surface area (TPSA) is 101 Å². The Hall–Kier alpha value is -0.220. The third-order valence-electron chi connectivity index (χ3n) is 2.42. The number of hydrogen-bond donors (Lipinski definition) is 1. The molecule has 7 nitrogen and oxygen atoms in total. The van der Waals surface area contributed by atoms with E-state index in [1.165, 1.54) is 6.42 Å². The van der Waals surface area contributed by atoms with E-state index in [0.717, 1.165) is 25.6 Å². The lowest BCUT2D eigenvalue weighted by atomic mass is 10.2. The largest absolute Gasteiger partial charge is 0.303 e. The Bertz CT molecular complexity index is 422. The highest BCUT2D eigenvalue weighted by atomic mass is 32.2. The predicted octanol–water partition coefficient (Wildman–Crippen LogP) is -0.0491. The molecule has 0 spiro atoms. The van der Waals surface area contributed by atoms with Crippen molar-refractivity contribution in [3.8, 4) is 0 Å². The summed E-state index contributed by atoms with van der Waals surface area (Å²) in [4.78, 5) is 2.26. The van der Waals surface area contributed by atoms with E-state index in [0.29, 0.717) is 18.9 Å². The molecule has 110 valence electrons. The Morgan fingerprint density at radius 1 is 1.28 bits per heavy atom. The van der Waals surface area contributed by atoms with Crippen molar-refractivity contribution in [3.63, 3.8) is 0 Å². The first-order chi connectivity index (χ1) is 7.99. The first-order valence-corrected chi connectivity index (χ1v) is 9.12. The van der Waals surface area contributed by atoms with Gasteiger partial charge in [-0.1, -0.05) is 0 Å². The first kappa shape index (κ1) is 17.8. The van der Waals surface area contributed by atoms with E-state index >= 15 is 0 Å². The number of likely N-dealkylation sites (tertiary alicyclic amines) is 1. The van der Waals surface area contributed by atoms with Crippen LogP contribution < -0.4 is 0 Å². The third-order valence-corrected chi connectivity index (χ3v) is 3.01. The molecule has 0 aromatic rings. The van der Waals surface area contributed by atoms with Crippen LogP contribution in [0.5, 0.6) is 0 Å². The minimum Gasteiger partial charge on any atom is -0.303 e. The number of rotatable bonds is 4. The van der Waals surface area contributed by atoms with Crippen LogP contribution in [0.15, 0.2) is 0 Å². The summed E-state index contributed by atoms with van der Waals surface area (Å²) in [7, 11) is -4.85. The van der Waals surface area contributed by atoms with Crippen molar-refractivity contribution >= 4 is 20.2 Å². The third kappa shape index (κ3) is 12.2. The van der Waals surface area contributed by atoms with Gasteiger partial charge in [-0.15, -0.1) is 0 Å². The van der Waals surface area contributed by atoms with Crippen LogP contribution in [-0.4, -0.2) is 65.0 Å². The highest BCUT2D eigenvalue weighted by molar-refractivity contribution is 7.86. The Morgan fingerprint density at radius 3 is 2.11 bits per heavy atom. The quantitative estimate of drug-likeness (QED) is 0.574. The maximum absolute atomic E-state index is 10.7. The van der Waals surface area contributed by atoms with Gasteiger partial charge in [-0.05, 0) is 32.9 Å². The summed E-state index contributed by atoms with van der Waals surface area (Å²) >= 11 is 0. The van der Waals surface area contributed by atoms with E-state index in [9.17, 15) is 16.8 Å². The minimum absolute atomic E-state index is 0.313. The van der Waals surface area contributed by atoms with Crippen LogP contribution in [0.3, 0.4) is 0 Å². The van der Waals surface area contributed by atoms with E-state index in [4.69, 9.17) is 4.55 Å². The second kappa shape index (κ2) is 7.39. The fraction of sp³-hybridized carbons (Fsp3) is 1.00. The molecule has 1 unspecified atom stereocenters. The fourth-order valence-corrected chi connectivity index (χ4v) is 2.08. The zero-order chi connectivity index (χ0) is 14.4. The molecule has 1 N–H and O–H groups in total. The van der Waals surface area contributed by atoms with Gasteiger partial charge in [0.15, 0.2) is 0 Å². The van der Waals surface area contributed by atoms with E-state index < -0.39 is 20.2 Å². The van der Waals surface area contributed by atoms with Crippen LogP contribution in [0.4, 0.5) is 0 Å². The normalized spacial score (nSPS) is 21.4. The molecule has 0 aliphatic carbocycles. The average Bonchev–Trinajstić information content (AvgIpc) is 2.46. The highest BCUT2D eigenvalue weighted by Crippen LogP contribution is 2.17. The molecule has 1 fully saturated rings. The maximum atomic E-state index is 10.7. The molecule has 0 aromatic heterocycles. The minimum atomic E-state index is -3.67. The number of nitrogens with zero attached hydrogens (tertiary/aromatic N) is 1. The molecule has 1 heterocycles. The Labute approximate surface area is 109 Å². The van der Waals surface area contributed by atoms with Crippen molar-refractivity contribution in [3.05, 3.63) is 0 Å². The van der Waals surface area contributed by atoms with Crippen LogP contribution in [-0.2, 0) is 24.4 Å². The van der Waals surface area contributed by atoms with Crippen LogP contribution in [0.1, 0.15) is 19.3 Å². The molecular weight excluding hydrogens is 282 g/mol. The summed E-state index contributed by atoms with van der Waals surface area (Å²) in [6, 6.07) is 0.502. The summed E-state index contributed by atoms with van der Waals surface area (Å²) in [6.07, 6.45) is 4.98. The molecule has 0 aromatic carbocycles. The standard InChI is InChI=1S/C8H17NO3S.CH4O3S/c1-9-6-3-4-8(9)5-7-12-13(2,10)11;1-5(2,3)4/h8H,3-7H2,1-2H3;1H3,(H,2,3,4). The second-order valence-electron chi connectivity index (χ2n) is 4.32. The van der Waals surface area contributed by atoms with Crippen molar-refractivity contribution in [2.75, 3.05) is 32.7 Å². The van der Waals surface area contributed by atoms with Gasteiger partial charge in [-0.25, -0.2) is 0 Å². The van der Waals surface area contributed by atoms with Crippen molar-refractivity contribution in [2.24, 2.45) is 0 Å². The van der Waals surface area contributed by atoms with E-state index in [1.54, 1.807) is 0 Å². The van der Waals surface area contributed by atoms with E-state index in [1.807, 2.05) is 0 Å². The Balaban J connectivity index is 0.000000494. The molecule has 1 rings (SSSR count). The fourth-order valence-electron chi connectivity index (χ4n) is 1.68. The first-order valence-electron chi connectivity index (χ1n) is 5.46. The molecule has 0 amide bonds.